The molecule has 1 aliphatic rings. The minimum Gasteiger partial charge on any atom is -0.454 e. The number of nitrogens with zero attached hydrogens (tertiary/aromatic N) is 1. The molecule has 29 heavy (non-hydrogen) atoms. The molecule has 1 amide bonds. The molecule has 0 aliphatic carbocycles. The van der Waals surface area contributed by atoms with E-state index in [1.54, 1.807) is 31.5 Å². The van der Waals surface area contributed by atoms with Crippen molar-refractivity contribution in [3.63, 3.8) is 0 Å². The summed E-state index contributed by atoms with van der Waals surface area (Å²) in [5, 5.41) is 3.51. The highest BCUT2D eigenvalue weighted by molar-refractivity contribution is 7.99. The zero-order chi connectivity index (χ0) is 20.2. The number of carbonyl (C=O) groups is 1. The van der Waals surface area contributed by atoms with Gasteiger partial charge in [0.1, 0.15) is 0 Å². The van der Waals surface area contributed by atoms with E-state index in [1.807, 2.05) is 22.8 Å². The van der Waals surface area contributed by atoms with Crippen molar-refractivity contribution in [3.05, 3.63) is 64.4 Å². The highest BCUT2D eigenvalue weighted by Gasteiger charge is 2.17. The molecular formula is C21H20N2O5S. The lowest BCUT2D eigenvalue weighted by Gasteiger charge is -2.13. The summed E-state index contributed by atoms with van der Waals surface area (Å²) in [5.41, 5.74) is 1.28. The Balaban J connectivity index is 1.49. The Labute approximate surface area is 171 Å². The summed E-state index contributed by atoms with van der Waals surface area (Å²) in [6, 6.07) is 12.5. The van der Waals surface area contributed by atoms with E-state index in [4.69, 9.17) is 14.2 Å². The van der Waals surface area contributed by atoms with Crippen LogP contribution in [0.2, 0.25) is 0 Å². The first-order chi connectivity index (χ1) is 14.2. The van der Waals surface area contributed by atoms with Crippen molar-refractivity contribution in [3.8, 4) is 11.5 Å². The number of nitrogens with one attached hydrogen (secondary N) is 1. The fourth-order valence-corrected chi connectivity index (χ4v) is 3.91. The summed E-state index contributed by atoms with van der Waals surface area (Å²) in [6.45, 7) is 1.07. The van der Waals surface area contributed by atoms with Crippen LogP contribution < -0.4 is 20.2 Å². The maximum absolute atomic E-state index is 12.6. The zero-order valence-corrected chi connectivity index (χ0v) is 16.7. The number of hydrogen-bond donors (Lipinski definition) is 1. The molecule has 0 saturated heterocycles. The summed E-state index contributed by atoms with van der Waals surface area (Å²) in [5.74, 6) is 1.52. The number of amides is 1. The number of carbonyl (C=O) groups excluding carboxylic acids is 1. The molecule has 1 aliphatic heterocycles. The molecule has 8 heteroatoms. The predicted octanol–water partition coefficient (Wildman–Crippen LogP) is 2.86. The molecule has 0 radical (unpaired) electrons. The monoisotopic (exact) mass is 412 g/mol. The number of ether oxygens (including phenoxy) is 3. The van der Waals surface area contributed by atoms with Gasteiger partial charge in [-0.3, -0.25) is 9.59 Å². The Morgan fingerprint density at radius 1 is 1.21 bits per heavy atom. The minimum absolute atomic E-state index is 0.0809. The van der Waals surface area contributed by atoms with Crippen molar-refractivity contribution < 1.29 is 19.0 Å². The van der Waals surface area contributed by atoms with E-state index in [9.17, 15) is 9.59 Å². The van der Waals surface area contributed by atoms with E-state index in [-0.39, 0.29) is 18.1 Å². The molecule has 4 rings (SSSR count). The highest BCUT2D eigenvalue weighted by atomic mass is 32.2. The van der Waals surface area contributed by atoms with Gasteiger partial charge in [0.25, 0.3) is 5.91 Å². The number of benzene rings is 2. The Hall–Kier alpha value is -2.97. The van der Waals surface area contributed by atoms with Crippen LogP contribution in [0.1, 0.15) is 10.4 Å². The van der Waals surface area contributed by atoms with Crippen LogP contribution in [0.15, 0.2) is 58.4 Å². The lowest BCUT2D eigenvalue weighted by atomic mass is 10.2. The second-order valence-corrected chi connectivity index (χ2v) is 7.36. The Kier molecular flexibility index (Phi) is 5.73. The summed E-state index contributed by atoms with van der Waals surface area (Å²) in [6.07, 6.45) is 1.72. The van der Waals surface area contributed by atoms with Gasteiger partial charge in [-0.2, -0.15) is 0 Å². The largest absolute Gasteiger partial charge is 0.454 e. The van der Waals surface area contributed by atoms with Gasteiger partial charge < -0.3 is 24.1 Å². The van der Waals surface area contributed by atoms with Gasteiger partial charge in [0.2, 0.25) is 6.79 Å². The molecule has 2 heterocycles. The number of hydrogen-bond acceptors (Lipinski definition) is 6. The smallest absolute Gasteiger partial charge is 0.252 e. The predicted molar refractivity (Wildman–Crippen MR) is 111 cm³/mol. The topological polar surface area (TPSA) is 78.8 Å². The van der Waals surface area contributed by atoms with Gasteiger partial charge in [0.05, 0.1) is 17.0 Å². The molecule has 1 aromatic heterocycles. The van der Waals surface area contributed by atoms with Crippen LogP contribution >= 0.6 is 11.8 Å². The normalized spacial score (nSPS) is 12.3. The standard InChI is InChI=1S/C21H20N2O5S/c1-26-13-29-20-5-3-2-4-14(20)21(25)22-7-9-23-8-6-17(24)15-10-18-19(11-16(15)23)28-12-27-18/h2-6,8,10-11H,7,9,12-13H2,1H3,(H,22,25). The van der Waals surface area contributed by atoms with E-state index in [0.717, 1.165) is 10.4 Å². The van der Waals surface area contributed by atoms with E-state index < -0.39 is 0 Å². The number of pyridine rings is 1. The molecule has 0 bridgehead atoms. The average molecular weight is 412 g/mol. The molecule has 7 nitrogen and oxygen atoms in total. The molecule has 0 spiro atoms. The minimum atomic E-state index is -0.146. The van der Waals surface area contributed by atoms with E-state index in [2.05, 4.69) is 5.32 Å². The van der Waals surface area contributed by atoms with Crippen LogP contribution in [0.5, 0.6) is 11.5 Å². The van der Waals surface area contributed by atoms with E-state index in [0.29, 0.717) is 41.5 Å². The SMILES string of the molecule is COCSc1ccccc1C(=O)NCCn1ccc(=O)c2cc3c(cc21)OCO3. The molecular weight excluding hydrogens is 392 g/mol. The van der Waals surface area contributed by atoms with Gasteiger partial charge in [-0.15, -0.1) is 0 Å². The molecule has 0 fully saturated rings. The van der Waals surface area contributed by atoms with Crippen LogP contribution in [-0.2, 0) is 11.3 Å². The fraction of sp³-hybridized carbons (Fsp3) is 0.238. The van der Waals surface area contributed by atoms with Gasteiger partial charge >= 0.3 is 0 Å². The number of fused-ring (bicyclic) bond motifs is 2. The third-order valence-electron chi connectivity index (χ3n) is 4.57. The third-order valence-corrected chi connectivity index (χ3v) is 5.59. The Morgan fingerprint density at radius 3 is 2.83 bits per heavy atom. The van der Waals surface area contributed by atoms with Crippen LogP contribution in [0.4, 0.5) is 0 Å². The first kappa shape index (κ1) is 19.4. The molecule has 0 saturated carbocycles. The summed E-state index contributed by atoms with van der Waals surface area (Å²) in [4.78, 5) is 25.7. The molecule has 2 aromatic carbocycles. The van der Waals surface area contributed by atoms with Crippen LogP contribution in [0.25, 0.3) is 10.9 Å². The van der Waals surface area contributed by atoms with E-state index in [1.165, 1.54) is 17.8 Å². The Bertz CT molecular complexity index is 1110. The number of methoxy groups -OCH3 is 1. The average Bonchev–Trinajstić information content (AvgIpc) is 3.20. The lowest BCUT2D eigenvalue weighted by molar-refractivity contribution is 0.0949. The quantitative estimate of drug-likeness (QED) is 0.475. The molecule has 0 unspecified atom stereocenters. The lowest BCUT2D eigenvalue weighted by Crippen LogP contribution is -2.28. The van der Waals surface area contributed by atoms with Crippen molar-refractivity contribution in [2.75, 3.05) is 26.4 Å². The van der Waals surface area contributed by atoms with Gasteiger partial charge in [-0.25, -0.2) is 0 Å². The summed E-state index contributed by atoms with van der Waals surface area (Å²) >= 11 is 1.47. The summed E-state index contributed by atoms with van der Waals surface area (Å²) in [7, 11) is 1.62. The molecule has 150 valence electrons. The maximum Gasteiger partial charge on any atom is 0.252 e. The van der Waals surface area contributed by atoms with Crippen LogP contribution in [0.3, 0.4) is 0 Å². The number of rotatable bonds is 7. The zero-order valence-electron chi connectivity index (χ0n) is 15.8. The maximum atomic E-state index is 12.6. The first-order valence-electron chi connectivity index (χ1n) is 9.09. The molecule has 0 atom stereocenters. The van der Waals surface area contributed by atoms with Gasteiger partial charge in [0.15, 0.2) is 16.9 Å². The van der Waals surface area contributed by atoms with E-state index >= 15 is 0 Å². The second-order valence-electron chi connectivity index (χ2n) is 6.40. The summed E-state index contributed by atoms with van der Waals surface area (Å²) < 4.78 is 17.8. The van der Waals surface area contributed by atoms with Crippen LogP contribution in [-0.4, -0.2) is 36.9 Å². The van der Waals surface area contributed by atoms with Gasteiger partial charge in [-0.1, -0.05) is 23.9 Å². The van der Waals surface area contributed by atoms with Crippen molar-refractivity contribution in [2.45, 2.75) is 11.4 Å². The highest BCUT2D eigenvalue weighted by Crippen LogP contribution is 2.34. The number of thioether (sulfide) groups is 1. The van der Waals surface area contributed by atoms with Crippen LogP contribution in [0, 0.1) is 0 Å². The van der Waals surface area contributed by atoms with Gasteiger partial charge in [0, 0.05) is 48.8 Å². The third kappa shape index (κ3) is 4.08. The van der Waals surface area contributed by atoms with Crippen molar-refractivity contribution in [2.24, 2.45) is 0 Å². The van der Waals surface area contributed by atoms with Crippen molar-refractivity contribution in [1.82, 2.24) is 9.88 Å². The first-order valence-corrected chi connectivity index (χ1v) is 10.1. The fourth-order valence-electron chi connectivity index (χ4n) is 3.18. The van der Waals surface area contributed by atoms with Crippen molar-refractivity contribution in [1.29, 1.82) is 0 Å². The van der Waals surface area contributed by atoms with Gasteiger partial charge in [-0.05, 0) is 18.2 Å². The Morgan fingerprint density at radius 2 is 2.00 bits per heavy atom. The second kappa shape index (κ2) is 8.59. The number of aromatic nitrogens is 1. The molecule has 3 aromatic rings. The van der Waals surface area contributed by atoms with Crippen molar-refractivity contribution >= 4 is 28.6 Å². The molecule has 1 N–H and O–H groups in total.